The fourth-order valence-corrected chi connectivity index (χ4v) is 3.20. The third-order valence-electron chi connectivity index (χ3n) is 4.39. The molecule has 0 aliphatic carbocycles. The normalized spacial score (nSPS) is 16.1. The van der Waals surface area contributed by atoms with Gasteiger partial charge in [0.15, 0.2) is 11.5 Å². The highest BCUT2D eigenvalue weighted by Gasteiger charge is 2.34. The zero-order chi connectivity index (χ0) is 18.0. The summed E-state index contributed by atoms with van der Waals surface area (Å²) in [6, 6.07) is 11.2. The molecule has 6 heteroatoms. The predicted octanol–water partition coefficient (Wildman–Crippen LogP) is 3.30. The fourth-order valence-electron chi connectivity index (χ4n) is 3.20. The zero-order valence-corrected chi connectivity index (χ0v) is 14.8. The number of benzene rings is 2. The Balaban J connectivity index is 2.14. The molecule has 3 rings (SSSR count). The van der Waals surface area contributed by atoms with Crippen LogP contribution in [-0.4, -0.2) is 38.7 Å². The van der Waals surface area contributed by atoms with Crippen molar-refractivity contribution in [2.45, 2.75) is 13.1 Å². The summed E-state index contributed by atoms with van der Waals surface area (Å²) in [4.78, 5) is 14.7. The molecule has 132 valence electrons. The molecule has 25 heavy (non-hydrogen) atoms. The smallest absolute Gasteiger partial charge is 0.257 e. The lowest BCUT2D eigenvalue weighted by molar-refractivity contribution is 0.0692. The molecule has 0 saturated carbocycles. The highest BCUT2D eigenvalue weighted by molar-refractivity contribution is 6.01. The first-order valence-corrected chi connectivity index (χ1v) is 8.11. The van der Waals surface area contributed by atoms with E-state index in [2.05, 4.69) is 5.32 Å². The quantitative estimate of drug-likeness (QED) is 0.903. The van der Waals surface area contributed by atoms with Gasteiger partial charge in [-0.1, -0.05) is 12.1 Å². The van der Waals surface area contributed by atoms with E-state index < -0.39 is 0 Å². The minimum atomic E-state index is -0.359. The van der Waals surface area contributed by atoms with Gasteiger partial charge in [0.1, 0.15) is 6.17 Å². The first kappa shape index (κ1) is 17.0. The fraction of sp³-hybridized carbons (Fsp3) is 0.316. The van der Waals surface area contributed by atoms with Gasteiger partial charge in [0.2, 0.25) is 5.75 Å². The van der Waals surface area contributed by atoms with Crippen LogP contribution >= 0.6 is 0 Å². The van der Waals surface area contributed by atoms with Crippen LogP contribution in [0.3, 0.4) is 0 Å². The van der Waals surface area contributed by atoms with Crippen LogP contribution in [0.2, 0.25) is 0 Å². The summed E-state index contributed by atoms with van der Waals surface area (Å²) in [6.45, 7) is 2.51. The Morgan fingerprint density at radius 2 is 1.72 bits per heavy atom. The molecule has 6 nitrogen and oxygen atoms in total. The highest BCUT2D eigenvalue weighted by atomic mass is 16.5. The van der Waals surface area contributed by atoms with Gasteiger partial charge in [0, 0.05) is 17.8 Å². The van der Waals surface area contributed by atoms with Crippen molar-refractivity contribution in [3.05, 3.63) is 47.5 Å². The van der Waals surface area contributed by atoms with Crippen LogP contribution in [0.1, 0.15) is 29.0 Å². The van der Waals surface area contributed by atoms with Crippen LogP contribution in [0.15, 0.2) is 36.4 Å². The van der Waals surface area contributed by atoms with Crippen molar-refractivity contribution >= 4 is 11.6 Å². The predicted molar refractivity (Wildman–Crippen MR) is 95.6 cm³/mol. The molecule has 0 fully saturated rings. The molecule has 0 radical (unpaired) electrons. The first-order chi connectivity index (χ1) is 12.2. The van der Waals surface area contributed by atoms with Crippen molar-refractivity contribution in [1.82, 2.24) is 4.90 Å². The van der Waals surface area contributed by atoms with Crippen LogP contribution in [-0.2, 0) is 0 Å². The van der Waals surface area contributed by atoms with Gasteiger partial charge in [-0.2, -0.15) is 0 Å². The van der Waals surface area contributed by atoms with E-state index in [0.29, 0.717) is 29.4 Å². The molecule has 0 aromatic heterocycles. The van der Waals surface area contributed by atoms with Gasteiger partial charge in [-0.25, -0.2) is 0 Å². The highest BCUT2D eigenvalue weighted by Crippen LogP contribution is 2.45. The number of nitrogens with one attached hydrogen (secondary N) is 1. The van der Waals surface area contributed by atoms with E-state index in [-0.39, 0.29) is 12.1 Å². The monoisotopic (exact) mass is 342 g/mol. The van der Waals surface area contributed by atoms with Crippen molar-refractivity contribution in [2.75, 3.05) is 33.2 Å². The van der Waals surface area contributed by atoms with E-state index in [9.17, 15) is 4.79 Å². The minimum absolute atomic E-state index is 0.0151. The molecule has 2 aromatic carbocycles. The Hall–Kier alpha value is -2.89. The average Bonchev–Trinajstić information content (AvgIpc) is 2.66. The van der Waals surface area contributed by atoms with E-state index in [1.807, 2.05) is 43.3 Å². The Labute approximate surface area is 147 Å². The number of rotatable bonds is 5. The SMILES string of the molecule is CCN1C(=O)c2ccccc2N[C@H]1c1ccc(OC)c(OC)c1OC. The van der Waals surface area contributed by atoms with Crippen molar-refractivity contribution in [3.8, 4) is 17.2 Å². The number of para-hydroxylation sites is 1. The van der Waals surface area contributed by atoms with Crippen LogP contribution in [0, 0.1) is 0 Å². The molecule has 0 saturated heterocycles. The van der Waals surface area contributed by atoms with Gasteiger partial charge < -0.3 is 24.4 Å². The van der Waals surface area contributed by atoms with Crippen LogP contribution in [0.4, 0.5) is 5.69 Å². The van der Waals surface area contributed by atoms with Crippen LogP contribution < -0.4 is 19.5 Å². The number of anilines is 1. The van der Waals surface area contributed by atoms with E-state index in [0.717, 1.165) is 11.3 Å². The molecular formula is C19H22N2O4. The Morgan fingerprint density at radius 1 is 1.00 bits per heavy atom. The summed E-state index contributed by atoms with van der Waals surface area (Å²) in [5.41, 5.74) is 2.28. The van der Waals surface area contributed by atoms with Crippen molar-refractivity contribution in [1.29, 1.82) is 0 Å². The maximum Gasteiger partial charge on any atom is 0.257 e. The molecule has 0 spiro atoms. The molecule has 0 bridgehead atoms. The van der Waals surface area contributed by atoms with E-state index in [1.165, 1.54) is 0 Å². The third kappa shape index (κ3) is 2.73. The number of hydrogen-bond acceptors (Lipinski definition) is 5. The van der Waals surface area contributed by atoms with E-state index in [1.54, 1.807) is 26.2 Å². The minimum Gasteiger partial charge on any atom is -0.493 e. The van der Waals surface area contributed by atoms with Gasteiger partial charge in [0.05, 0.1) is 26.9 Å². The Kier molecular flexibility index (Phi) is 4.70. The molecule has 1 N–H and O–H groups in total. The van der Waals surface area contributed by atoms with Gasteiger partial charge in [-0.3, -0.25) is 4.79 Å². The lowest BCUT2D eigenvalue weighted by Gasteiger charge is -2.38. The molecule has 1 amide bonds. The van der Waals surface area contributed by atoms with Crippen LogP contribution in [0.5, 0.6) is 17.2 Å². The molecule has 2 aromatic rings. The maximum atomic E-state index is 12.9. The van der Waals surface area contributed by atoms with E-state index >= 15 is 0 Å². The average molecular weight is 342 g/mol. The molecular weight excluding hydrogens is 320 g/mol. The standard InChI is InChI=1S/C19H22N2O4/c1-5-21-18(20-14-9-7-6-8-12(14)19(21)22)13-10-11-15(23-2)17(25-4)16(13)24-3/h6-11,18,20H,5H2,1-4H3/t18-/m1/s1. The summed E-state index contributed by atoms with van der Waals surface area (Å²) in [5.74, 6) is 1.61. The van der Waals surface area contributed by atoms with Crippen molar-refractivity contribution in [3.63, 3.8) is 0 Å². The maximum absolute atomic E-state index is 12.9. The summed E-state index contributed by atoms with van der Waals surface area (Å²) >= 11 is 0. The molecule has 1 atom stereocenters. The number of fused-ring (bicyclic) bond motifs is 1. The number of ether oxygens (including phenoxy) is 3. The summed E-state index contributed by atoms with van der Waals surface area (Å²) in [7, 11) is 4.72. The van der Waals surface area contributed by atoms with Crippen LogP contribution in [0.25, 0.3) is 0 Å². The number of hydrogen-bond donors (Lipinski definition) is 1. The van der Waals surface area contributed by atoms with E-state index in [4.69, 9.17) is 14.2 Å². The third-order valence-corrected chi connectivity index (χ3v) is 4.39. The van der Waals surface area contributed by atoms with Crippen molar-refractivity contribution < 1.29 is 19.0 Å². The summed E-state index contributed by atoms with van der Waals surface area (Å²) in [5, 5.41) is 3.44. The number of carbonyl (C=O) groups excluding carboxylic acids is 1. The Morgan fingerprint density at radius 3 is 2.36 bits per heavy atom. The molecule has 1 aliphatic rings. The molecule has 1 aliphatic heterocycles. The van der Waals surface area contributed by atoms with Crippen molar-refractivity contribution in [2.24, 2.45) is 0 Å². The lowest BCUT2D eigenvalue weighted by Crippen LogP contribution is -2.42. The van der Waals surface area contributed by atoms with Gasteiger partial charge in [-0.15, -0.1) is 0 Å². The number of methoxy groups -OCH3 is 3. The molecule has 1 heterocycles. The first-order valence-electron chi connectivity index (χ1n) is 8.11. The number of carbonyl (C=O) groups is 1. The second-order valence-corrected chi connectivity index (χ2v) is 5.61. The largest absolute Gasteiger partial charge is 0.493 e. The second kappa shape index (κ2) is 6.93. The number of amides is 1. The second-order valence-electron chi connectivity index (χ2n) is 5.61. The molecule has 0 unspecified atom stereocenters. The van der Waals surface area contributed by atoms with Gasteiger partial charge in [0.25, 0.3) is 5.91 Å². The zero-order valence-electron chi connectivity index (χ0n) is 14.8. The topological polar surface area (TPSA) is 60.0 Å². The number of nitrogens with zero attached hydrogens (tertiary/aromatic N) is 1. The van der Waals surface area contributed by atoms with Gasteiger partial charge >= 0.3 is 0 Å². The summed E-state index contributed by atoms with van der Waals surface area (Å²) < 4.78 is 16.4. The van der Waals surface area contributed by atoms with Gasteiger partial charge in [-0.05, 0) is 31.2 Å². The Bertz CT molecular complexity index is 791. The summed E-state index contributed by atoms with van der Waals surface area (Å²) in [6.07, 6.45) is -0.359. The lowest BCUT2D eigenvalue weighted by atomic mass is 10.0.